The number of hydrogen-bond acceptors (Lipinski definition) is 3. The van der Waals surface area contributed by atoms with E-state index >= 15 is 0 Å². The van der Waals surface area contributed by atoms with E-state index < -0.39 is 0 Å². The van der Waals surface area contributed by atoms with Gasteiger partial charge in [-0.3, -0.25) is 9.59 Å². The number of aryl methyl sites for hydroxylation is 1. The van der Waals surface area contributed by atoms with Gasteiger partial charge in [-0.25, -0.2) is 5.10 Å². The van der Waals surface area contributed by atoms with Crippen molar-refractivity contribution in [3.8, 4) is 0 Å². The molecule has 0 saturated carbocycles. The molecule has 5 nitrogen and oxygen atoms in total. The maximum Gasteiger partial charge on any atom is 0.267 e. The minimum absolute atomic E-state index is 0.0358. The number of aromatic nitrogens is 2. The Labute approximate surface area is 189 Å². The number of carbonyl (C=O) groups excluding carboxylic acids is 1. The topological polar surface area (TPSA) is 74.8 Å². The highest BCUT2D eigenvalue weighted by atomic mass is 16.1. The molecule has 1 heterocycles. The van der Waals surface area contributed by atoms with E-state index in [1.807, 2.05) is 30.3 Å². The van der Waals surface area contributed by atoms with Crippen LogP contribution in [0.15, 0.2) is 59.4 Å². The van der Waals surface area contributed by atoms with Crippen molar-refractivity contribution in [2.45, 2.75) is 57.8 Å². The summed E-state index contributed by atoms with van der Waals surface area (Å²) in [4.78, 5) is 24.7. The van der Waals surface area contributed by atoms with Crippen molar-refractivity contribution in [2.24, 2.45) is 0 Å². The average molecular weight is 430 g/mol. The molecule has 0 atom stereocenters. The second-order valence-electron chi connectivity index (χ2n) is 8.59. The number of aromatic amines is 1. The summed E-state index contributed by atoms with van der Waals surface area (Å²) in [5, 5.41) is 10.0. The number of benzene rings is 2. The predicted octanol–water partition coefficient (Wildman–Crippen LogP) is 4.38. The monoisotopic (exact) mass is 429 g/mol. The number of amides is 1. The first kappa shape index (κ1) is 22.0. The van der Waals surface area contributed by atoms with Crippen LogP contribution in [0.25, 0.3) is 0 Å². The summed E-state index contributed by atoms with van der Waals surface area (Å²) < 4.78 is 0. The standard InChI is InChI=1S/C27H31N3O2/c31-26(28-17-8-2-5-12-20-10-3-1-4-11-20)22-14-9-13-21(18-22)19-25-23-15-6-7-16-24(23)27(32)30-29-25/h1,3-4,9-11,13-14,18H,2,5-8,12,15-17,19H2,(H,28,31)(H,30,32). The van der Waals surface area contributed by atoms with Crippen LogP contribution in [-0.2, 0) is 25.7 Å². The van der Waals surface area contributed by atoms with Crippen molar-refractivity contribution in [3.63, 3.8) is 0 Å². The number of fused-ring (bicyclic) bond motifs is 1. The lowest BCUT2D eigenvalue weighted by molar-refractivity contribution is 0.0953. The fourth-order valence-electron chi connectivity index (χ4n) is 4.47. The van der Waals surface area contributed by atoms with E-state index in [1.54, 1.807) is 0 Å². The highest BCUT2D eigenvalue weighted by Gasteiger charge is 2.18. The summed E-state index contributed by atoms with van der Waals surface area (Å²) >= 11 is 0. The Kier molecular flexibility index (Phi) is 7.49. The van der Waals surface area contributed by atoms with Gasteiger partial charge in [0.25, 0.3) is 11.5 Å². The summed E-state index contributed by atoms with van der Waals surface area (Å²) in [5.74, 6) is -0.0358. The SMILES string of the molecule is O=C(NCCCCCc1ccccc1)c1cccc(Cc2n[nH]c(=O)c3c2CCCC3)c1. The molecular weight excluding hydrogens is 398 g/mol. The largest absolute Gasteiger partial charge is 0.352 e. The summed E-state index contributed by atoms with van der Waals surface area (Å²) in [6.07, 6.45) is 8.80. The summed E-state index contributed by atoms with van der Waals surface area (Å²) in [5.41, 5.74) is 5.94. The highest BCUT2D eigenvalue weighted by Crippen LogP contribution is 2.22. The molecule has 166 valence electrons. The molecule has 0 unspecified atom stereocenters. The lowest BCUT2D eigenvalue weighted by Gasteiger charge is -2.17. The molecule has 32 heavy (non-hydrogen) atoms. The fourth-order valence-corrected chi connectivity index (χ4v) is 4.47. The molecule has 0 fully saturated rings. The molecule has 0 radical (unpaired) electrons. The molecule has 1 amide bonds. The molecule has 2 N–H and O–H groups in total. The maximum absolute atomic E-state index is 12.6. The van der Waals surface area contributed by atoms with E-state index in [-0.39, 0.29) is 11.5 Å². The van der Waals surface area contributed by atoms with E-state index in [9.17, 15) is 9.59 Å². The van der Waals surface area contributed by atoms with Gasteiger partial charge in [0.05, 0.1) is 5.69 Å². The quantitative estimate of drug-likeness (QED) is 0.496. The summed E-state index contributed by atoms with van der Waals surface area (Å²) in [6.45, 7) is 0.687. The van der Waals surface area contributed by atoms with Gasteiger partial charge in [0.1, 0.15) is 0 Å². The van der Waals surface area contributed by atoms with Gasteiger partial charge in [0, 0.05) is 24.1 Å². The number of hydrogen-bond donors (Lipinski definition) is 2. The average Bonchev–Trinajstić information content (AvgIpc) is 2.84. The van der Waals surface area contributed by atoms with Gasteiger partial charge in [0.2, 0.25) is 0 Å². The molecule has 0 spiro atoms. The van der Waals surface area contributed by atoms with E-state index in [0.717, 1.165) is 73.8 Å². The van der Waals surface area contributed by atoms with Crippen LogP contribution in [0.3, 0.4) is 0 Å². The van der Waals surface area contributed by atoms with Crippen LogP contribution in [0.5, 0.6) is 0 Å². The Morgan fingerprint density at radius 2 is 1.69 bits per heavy atom. The van der Waals surface area contributed by atoms with Crippen molar-refractivity contribution < 1.29 is 4.79 Å². The first-order chi connectivity index (χ1) is 15.7. The predicted molar refractivity (Wildman–Crippen MR) is 127 cm³/mol. The second-order valence-corrected chi connectivity index (χ2v) is 8.59. The second kappa shape index (κ2) is 10.9. The number of unbranched alkanes of at least 4 members (excludes halogenated alkanes) is 2. The zero-order valence-electron chi connectivity index (χ0n) is 18.5. The number of carbonyl (C=O) groups is 1. The Balaban J connectivity index is 1.28. The van der Waals surface area contributed by atoms with Gasteiger partial charge in [-0.2, -0.15) is 5.10 Å². The Bertz CT molecular complexity index is 1110. The number of nitrogens with zero attached hydrogens (tertiary/aromatic N) is 1. The zero-order chi connectivity index (χ0) is 22.2. The molecule has 3 aromatic rings. The third-order valence-corrected chi connectivity index (χ3v) is 6.21. The van der Waals surface area contributed by atoms with Crippen LogP contribution < -0.4 is 10.9 Å². The van der Waals surface area contributed by atoms with Crippen LogP contribution in [0.1, 0.15) is 70.4 Å². The van der Waals surface area contributed by atoms with Crippen LogP contribution >= 0.6 is 0 Å². The Morgan fingerprint density at radius 1 is 0.906 bits per heavy atom. The Hall–Kier alpha value is -3.21. The molecule has 4 rings (SSSR count). The van der Waals surface area contributed by atoms with Crippen LogP contribution in [-0.4, -0.2) is 22.6 Å². The van der Waals surface area contributed by atoms with Crippen molar-refractivity contribution in [1.82, 2.24) is 15.5 Å². The molecule has 0 bridgehead atoms. The normalized spacial score (nSPS) is 12.9. The fraction of sp³-hybridized carbons (Fsp3) is 0.370. The zero-order valence-corrected chi connectivity index (χ0v) is 18.5. The molecule has 0 saturated heterocycles. The molecule has 0 aliphatic heterocycles. The molecular formula is C27H31N3O2. The van der Waals surface area contributed by atoms with Gasteiger partial charge in [-0.1, -0.05) is 48.9 Å². The van der Waals surface area contributed by atoms with E-state index in [0.29, 0.717) is 18.5 Å². The Morgan fingerprint density at radius 3 is 2.53 bits per heavy atom. The van der Waals surface area contributed by atoms with Crippen LogP contribution in [0, 0.1) is 0 Å². The van der Waals surface area contributed by atoms with Gasteiger partial charge in [0.15, 0.2) is 0 Å². The lowest BCUT2D eigenvalue weighted by Crippen LogP contribution is -2.24. The molecule has 1 aliphatic rings. The minimum atomic E-state index is -0.0552. The summed E-state index contributed by atoms with van der Waals surface area (Å²) in [6, 6.07) is 18.2. The first-order valence-electron chi connectivity index (χ1n) is 11.7. The number of rotatable bonds is 9. The number of nitrogens with one attached hydrogen (secondary N) is 2. The van der Waals surface area contributed by atoms with Crippen LogP contribution in [0.4, 0.5) is 0 Å². The van der Waals surface area contributed by atoms with Crippen molar-refractivity contribution in [2.75, 3.05) is 6.54 Å². The van der Waals surface area contributed by atoms with Crippen LogP contribution in [0.2, 0.25) is 0 Å². The van der Waals surface area contributed by atoms with Crippen molar-refractivity contribution in [3.05, 3.63) is 98.5 Å². The molecule has 5 heteroatoms. The first-order valence-corrected chi connectivity index (χ1v) is 11.7. The highest BCUT2D eigenvalue weighted by molar-refractivity contribution is 5.94. The van der Waals surface area contributed by atoms with Gasteiger partial charge in [-0.15, -0.1) is 0 Å². The third-order valence-electron chi connectivity index (χ3n) is 6.21. The van der Waals surface area contributed by atoms with Gasteiger partial charge < -0.3 is 5.32 Å². The molecule has 1 aromatic heterocycles. The van der Waals surface area contributed by atoms with E-state index in [2.05, 4.69) is 39.8 Å². The van der Waals surface area contributed by atoms with Crippen molar-refractivity contribution >= 4 is 5.91 Å². The lowest BCUT2D eigenvalue weighted by atomic mass is 9.90. The third kappa shape index (κ3) is 5.72. The molecule has 2 aromatic carbocycles. The number of H-pyrrole nitrogens is 1. The summed E-state index contributed by atoms with van der Waals surface area (Å²) in [7, 11) is 0. The van der Waals surface area contributed by atoms with E-state index in [4.69, 9.17) is 0 Å². The smallest absolute Gasteiger partial charge is 0.267 e. The maximum atomic E-state index is 12.6. The molecule has 1 aliphatic carbocycles. The minimum Gasteiger partial charge on any atom is -0.352 e. The van der Waals surface area contributed by atoms with E-state index in [1.165, 1.54) is 5.56 Å². The van der Waals surface area contributed by atoms with Gasteiger partial charge in [-0.05, 0) is 73.8 Å². The van der Waals surface area contributed by atoms with Gasteiger partial charge >= 0.3 is 0 Å². The van der Waals surface area contributed by atoms with Crippen molar-refractivity contribution in [1.29, 1.82) is 0 Å².